The molecule has 8 atom stereocenters. The summed E-state index contributed by atoms with van der Waals surface area (Å²) in [6.07, 6.45) is 19.2. The minimum Gasteiger partial charge on any atom is -0.468 e. The molecule has 3 nitrogen and oxygen atoms in total. The highest BCUT2D eigenvalue weighted by molar-refractivity contribution is 6.08. The number of carbonyl (C=O) groups excluding carboxylic acids is 2. The molecular weight excluding hydrogens is 499 g/mol. The third kappa shape index (κ3) is 5.73. The summed E-state index contributed by atoms with van der Waals surface area (Å²) in [7, 11) is 0. The molecule has 0 spiro atoms. The van der Waals surface area contributed by atoms with Crippen molar-refractivity contribution >= 4 is 17.8 Å². The molecule has 0 bridgehead atoms. The summed E-state index contributed by atoms with van der Waals surface area (Å²) in [5.74, 6) is 4.03. The van der Waals surface area contributed by atoms with E-state index in [2.05, 4.69) is 62.0 Å². The second-order valence-corrected chi connectivity index (χ2v) is 12.3. The third-order valence-electron chi connectivity index (χ3n) is 10.0. The molecule has 5 aliphatic carbocycles. The van der Waals surface area contributed by atoms with E-state index >= 15 is 0 Å². The highest BCUT2D eigenvalue weighted by Crippen LogP contribution is 2.60. The Morgan fingerprint density at radius 3 is 2.65 bits per heavy atom. The van der Waals surface area contributed by atoms with Crippen molar-refractivity contribution in [2.45, 2.75) is 52.9 Å². The minimum atomic E-state index is -0.180. The lowest BCUT2D eigenvalue weighted by molar-refractivity contribution is -0.128. The first-order valence-electron chi connectivity index (χ1n) is 15.0. The zero-order valence-electron chi connectivity index (χ0n) is 24.0. The maximum absolute atomic E-state index is 13.8. The summed E-state index contributed by atoms with van der Waals surface area (Å²) in [5.41, 5.74) is 5.91. The Labute approximate surface area is 239 Å². The summed E-state index contributed by atoms with van der Waals surface area (Å²) in [5, 5.41) is 0. The lowest BCUT2D eigenvalue weighted by Gasteiger charge is -2.51. The molecule has 4 heteroatoms. The Hall–Kier alpha value is -3.01. The van der Waals surface area contributed by atoms with Crippen molar-refractivity contribution in [3.63, 3.8) is 0 Å². The molecule has 0 aliphatic heterocycles. The highest BCUT2D eigenvalue weighted by atomic mass is 19.1. The van der Waals surface area contributed by atoms with Crippen LogP contribution in [0.3, 0.4) is 0 Å². The summed E-state index contributed by atoms with van der Waals surface area (Å²) in [6.45, 7) is 11.3. The van der Waals surface area contributed by atoms with E-state index < -0.39 is 0 Å². The van der Waals surface area contributed by atoms with Crippen LogP contribution in [-0.4, -0.2) is 18.9 Å². The van der Waals surface area contributed by atoms with E-state index in [9.17, 15) is 14.0 Å². The topological polar surface area (TPSA) is 43.4 Å². The molecule has 0 saturated heterocycles. The smallest absolute Gasteiger partial charge is 0.293 e. The van der Waals surface area contributed by atoms with Crippen LogP contribution in [0, 0.1) is 59.6 Å². The van der Waals surface area contributed by atoms with Gasteiger partial charge in [-0.15, -0.1) is 6.58 Å². The van der Waals surface area contributed by atoms with Crippen LogP contribution in [0.1, 0.15) is 58.4 Å². The molecule has 40 heavy (non-hydrogen) atoms. The van der Waals surface area contributed by atoms with Crippen LogP contribution in [-0.2, 0) is 14.3 Å². The van der Waals surface area contributed by atoms with Gasteiger partial charge in [-0.2, -0.15) is 0 Å². The number of allylic oxidation sites excluding steroid dienone is 9. The molecule has 6 rings (SSSR count). The van der Waals surface area contributed by atoms with E-state index in [-0.39, 0.29) is 11.7 Å². The number of benzene rings is 1. The number of fused-ring (bicyclic) bond motifs is 2. The van der Waals surface area contributed by atoms with Gasteiger partial charge >= 0.3 is 0 Å². The Balaban J connectivity index is 0.000000595. The molecule has 1 aromatic carbocycles. The average molecular weight is 542 g/mol. The molecule has 0 aromatic heterocycles. The maximum Gasteiger partial charge on any atom is 0.293 e. The van der Waals surface area contributed by atoms with Crippen molar-refractivity contribution in [2.75, 3.05) is 6.61 Å². The van der Waals surface area contributed by atoms with E-state index in [1.807, 2.05) is 6.07 Å². The van der Waals surface area contributed by atoms with Gasteiger partial charge in [0, 0.05) is 17.9 Å². The van der Waals surface area contributed by atoms with E-state index in [1.54, 1.807) is 19.1 Å². The van der Waals surface area contributed by atoms with Crippen LogP contribution in [0.15, 0.2) is 77.9 Å². The Morgan fingerprint density at radius 1 is 1.15 bits per heavy atom. The van der Waals surface area contributed by atoms with Crippen LogP contribution < -0.4 is 0 Å². The van der Waals surface area contributed by atoms with Crippen molar-refractivity contribution in [1.82, 2.24) is 0 Å². The van der Waals surface area contributed by atoms with Gasteiger partial charge in [-0.05, 0) is 109 Å². The van der Waals surface area contributed by atoms with E-state index in [0.29, 0.717) is 60.3 Å². The maximum atomic E-state index is 13.8. The van der Waals surface area contributed by atoms with E-state index in [1.165, 1.54) is 42.0 Å². The molecule has 211 valence electrons. The number of ether oxygens (including phenoxy) is 1. The molecule has 0 amide bonds. The zero-order chi connectivity index (χ0) is 28.4. The Kier molecular flexibility index (Phi) is 8.73. The quantitative estimate of drug-likeness (QED) is 0.270. The van der Waals surface area contributed by atoms with Crippen molar-refractivity contribution < 1.29 is 18.7 Å². The van der Waals surface area contributed by atoms with E-state index in [4.69, 9.17) is 0 Å². The van der Waals surface area contributed by atoms with Gasteiger partial charge in [-0.1, -0.05) is 61.9 Å². The van der Waals surface area contributed by atoms with Crippen molar-refractivity contribution in [3.05, 3.63) is 95.7 Å². The number of halogens is 1. The standard InChI is InChI=1S/C33H36FO.C3H6O2/c1-4-21-8-12-27-24(15-21)17-31-32(20(3)29-18-30(29)33(31)35)28(27)13-10-22-9-11-26(19(2)14-22)23-6-5-7-25(34)16-23;1-2-5-3-4/h4-7,9-11,13,16,18-21,24,27-28,31-32H,1,8,12,14-15,17H2,2-3H3;3H,2H2,1H3/b13-10+;/t19?,20-,21+,24+,27+,28+,31+,32-;/m1./s1. The van der Waals surface area contributed by atoms with Crippen LogP contribution >= 0.6 is 0 Å². The van der Waals surface area contributed by atoms with Gasteiger partial charge in [-0.3, -0.25) is 9.59 Å². The molecule has 5 aliphatic rings. The summed E-state index contributed by atoms with van der Waals surface area (Å²) in [6, 6.07) is 6.93. The van der Waals surface area contributed by atoms with Gasteiger partial charge in [-0.25, -0.2) is 4.39 Å². The SMILES string of the molecule is C=C[C@H]1CC[C@H]2[C@@H](C1)C[C@@H]1C(=O)C3=C([CH]3)[C@@H](C)[C@@H]1[C@H]2/C=C/C1=CC=C(c2cccc(F)c2)C(C)C1.CCOC=O. The molecule has 1 aromatic rings. The van der Waals surface area contributed by atoms with Crippen LogP contribution in [0.2, 0.25) is 0 Å². The second kappa shape index (κ2) is 12.2. The van der Waals surface area contributed by atoms with Gasteiger partial charge in [0.1, 0.15) is 5.82 Å². The fourth-order valence-corrected chi connectivity index (χ4v) is 8.07. The monoisotopic (exact) mass is 541 g/mol. The summed E-state index contributed by atoms with van der Waals surface area (Å²) in [4.78, 5) is 22.5. The predicted molar refractivity (Wildman–Crippen MR) is 158 cm³/mol. The second-order valence-electron chi connectivity index (χ2n) is 12.3. The van der Waals surface area contributed by atoms with Crippen molar-refractivity contribution in [2.24, 2.45) is 47.3 Å². The fourth-order valence-electron chi connectivity index (χ4n) is 8.07. The number of rotatable bonds is 6. The van der Waals surface area contributed by atoms with Crippen LogP contribution in [0.25, 0.3) is 5.57 Å². The van der Waals surface area contributed by atoms with Crippen molar-refractivity contribution in [3.8, 4) is 0 Å². The summed E-state index contributed by atoms with van der Waals surface area (Å²) < 4.78 is 17.9. The molecular formula is C36H42FO3. The van der Waals surface area contributed by atoms with Crippen molar-refractivity contribution in [1.29, 1.82) is 0 Å². The Bertz CT molecular complexity index is 1270. The molecule has 0 N–H and O–H groups in total. The molecule has 2 fully saturated rings. The first-order chi connectivity index (χ1) is 19.4. The zero-order valence-corrected chi connectivity index (χ0v) is 24.0. The van der Waals surface area contributed by atoms with Gasteiger partial charge in [0.15, 0.2) is 5.78 Å². The van der Waals surface area contributed by atoms with Gasteiger partial charge in [0.2, 0.25) is 0 Å². The van der Waals surface area contributed by atoms with Crippen LogP contribution in [0.5, 0.6) is 0 Å². The van der Waals surface area contributed by atoms with Gasteiger partial charge in [0.05, 0.1) is 6.61 Å². The minimum absolute atomic E-state index is 0.180. The number of Topliss-reactive ketones (excluding diaryl/α,β-unsaturated/α-hetero) is 1. The van der Waals surface area contributed by atoms with Gasteiger partial charge < -0.3 is 4.74 Å². The largest absolute Gasteiger partial charge is 0.468 e. The number of hydrogen-bond acceptors (Lipinski definition) is 3. The number of hydrogen-bond donors (Lipinski definition) is 0. The fraction of sp³-hybridized carbons (Fsp3) is 0.472. The van der Waals surface area contributed by atoms with Gasteiger partial charge in [0.25, 0.3) is 6.47 Å². The number of ketones is 1. The molecule has 1 unspecified atom stereocenters. The average Bonchev–Trinajstić information content (AvgIpc) is 3.76. The first kappa shape index (κ1) is 28.5. The lowest BCUT2D eigenvalue weighted by Crippen LogP contribution is -2.47. The molecule has 0 heterocycles. The first-order valence-corrected chi connectivity index (χ1v) is 15.0. The van der Waals surface area contributed by atoms with E-state index in [0.717, 1.165) is 24.0 Å². The number of carbonyl (C=O) groups is 2. The normalized spacial score (nSPS) is 34.4. The highest BCUT2D eigenvalue weighted by Gasteiger charge is 2.55. The Morgan fingerprint density at radius 2 is 1.98 bits per heavy atom. The third-order valence-corrected chi connectivity index (χ3v) is 10.0. The molecule has 2 saturated carbocycles. The van der Waals surface area contributed by atoms with Crippen LogP contribution in [0.4, 0.5) is 4.39 Å². The summed E-state index contributed by atoms with van der Waals surface area (Å²) >= 11 is 0. The lowest BCUT2D eigenvalue weighted by atomic mass is 9.52. The predicted octanol–water partition coefficient (Wildman–Crippen LogP) is 8.11. The molecule has 1 radical (unpaired) electrons.